The van der Waals surface area contributed by atoms with E-state index in [4.69, 9.17) is 5.73 Å². The maximum atomic E-state index is 15.2. The Morgan fingerprint density at radius 3 is 2.56 bits per heavy atom. The Bertz CT molecular complexity index is 1820. The maximum absolute atomic E-state index is 15.2. The molecule has 0 bridgehead atoms. The maximum Gasteiger partial charge on any atom is 0.261 e. The molecule has 9 nitrogen and oxygen atoms in total. The van der Waals surface area contributed by atoms with E-state index in [-0.39, 0.29) is 18.1 Å². The quantitative estimate of drug-likeness (QED) is 0.276. The summed E-state index contributed by atoms with van der Waals surface area (Å²) < 4.78 is 17.1. The van der Waals surface area contributed by atoms with Gasteiger partial charge in [-0.05, 0) is 65.6 Å². The number of amides is 1. The molecule has 0 saturated heterocycles. The SMILES string of the molecule is Nc1nc(Cc2ccc(Cn3cccn3)cc2)nc(-c2cccc(N3CCc4cc(C5CC5)cc(F)c4C3=O)c2CO)n1. The largest absolute Gasteiger partial charge is 0.392 e. The van der Waals surface area contributed by atoms with Crippen LogP contribution in [0, 0.1) is 5.82 Å². The van der Waals surface area contributed by atoms with E-state index in [1.165, 1.54) is 11.0 Å². The summed E-state index contributed by atoms with van der Waals surface area (Å²) in [5.41, 5.74) is 11.6. The third-order valence-electron chi connectivity index (χ3n) is 8.14. The smallest absolute Gasteiger partial charge is 0.261 e. The summed E-state index contributed by atoms with van der Waals surface area (Å²) in [6, 6.07) is 18.8. The molecule has 0 spiro atoms. The highest BCUT2D eigenvalue weighted by atomic mass is 19.1. The molecule has 1 amide bonds. The fraction of sp³-hybridized carbons (Fsp3) is 0.242. The van der Waals surface area contributed by atoms with E-state index >= 15 is 4.39 Å². The van der Waals surface area contributed by atoms with Gasteiger partial charge in [-0.25, -0.2) is 9.37 Å². The Hall–Kier alpha value is -4.96. The lowest BCUT2D eigenvalue weighted by Crippen LogP contribution is -2.39. The molecule has 3 N–H and O–H groups in total. The monoisotopic (exact) mass is 575 g/mol. The average molecular weight is 576 g/mol. The van der Waals surface area contributed by atoms with Crippen LogP contribution in [0.2, 0.25) is 0 Å². The van der Waals surface area contributed by atoms with Crippen molar-refractivity contribution in [1.29, 1.82) is 0 Å². The van der Waals surface area contributed by atoms with E-state index in [9.17, 15) is 9.90 Å². The number of nitrogens with two attached hydrogens (primary N) is 1. The highest BCUT2D eigenvalue weighted by molar-refractivity contribution is 6.09. The second-order valence-electron chi connectivity index (χ2n) is 11.1. The molecule has 7 rings (SSSR count). The van der Waals surface area contributed by atoms with Gasteiger partial charge in [-0.2, -0.15) is 15.1 Å². The van der Waals surface area contributed by atoms with Crippen molar-refractivity contribution in [2.24, 2.45) is 0 Å². The van der Waals surface area contributed by atoms with Crippen molar-refractivity contribution in [1.82, 2.24) is 24.7 Å². The van der Waals surface area contributed by atoms with Crippen LogP contribution in [-0.2, 0) is 26.0 Å². The lowest BCUT2D eigenvalue weighted by molar-refractivity contribution is 0.0976. The number of aliphatic hydroxyl groups excluding tert-OH is 1. The van der Waals surface area contributed by atoms with Crippen LogP contribution in [0.5, 0.6) is 0 Å². The Balaban J connectivity index is 1.17. The number of hydrogen-bond acceptors (Lipinski definition) is 7. The first-order valence-electron chi connectivity index (χ1n) is 14.4. The van der Waals surface area contributed by atoms with E-state index in [2.05, 4.69) is 20.1 Å². The topological polar surface area (TPSA) is 123 Å². The second-order valence-corrected chi connectivity index (χ2v) is 11.1. The number of rotatable bonds is 8. The van der Waals surface area contributed by atoms with E-state index in [1.54, 1.807) is 24.4 Å². The molecule has 3 heterocycles. The standard InChI is InChI=1S/C33H30FN7O2/c34-27-17-24(22-9-10-22)16-23-11-14-41(32(43)30(23)27)28-4-1-3-25(26(28)19-42)31-37-29(38-33(35)39-31)15-20-5-7-21(8-6-20)18-40-13-2-12-36-40/h1-8,12-13,16-17,22,42H,9-11,14-15,18-19H2,(H2,35,37,38,39). The highest BCUT2D eigenvalue weighted by Gasteiger charge is 2.33. The summed E-state index contributed by atoms with van der Waals surface area (Å²) in [5, 5.41) is 14.8. The van der Waals surface area contributed by atoms with Crippen molar-refractivity contribution in [2.45, 2.75) is 44.8 Å². The number of anilines is 2. The molecule has 0 unspecified atom stereocenters. The first kappa shape index (κ1) is 26.9. The summed E-state index contributed by atoms with van der Waals surface area (Å²) in [6.45, 7) is 0.677. The summed E-state index contributed by atoms with van der Waals surface area (Å²) in [5.74, 6) is 0.332. The Morgan fingerprint density at radius 1 is 1.00 bits per heavy atom. The minimum atomic E-state index is -0.486. The van der Waals surface area contributed by atoms with Gasteiger partial charge in [-0.1, -0.05) is 42.5 Å². The first-order valence-corrected chi connectivity index (χ1v) is 14.4. The third kappa shape index (κ3) is 5.37. The zero-order chi connectivity index (χ0) is 29.5. The molecule has 43 heavy (non-hydrogen) atoms. The summed E-state index contributed by atoms with van der Waals surface area (Å²) in [6.07, 6.45) is 6.75. The minimum Gasteiger partial charge on any atom is -0.392 e. The van der Waals surface area contributed by atoms with Gasteiger partial charge in [0, 0.05) is 36.5 Å². The van der Waals surface area contributed by atoms with E-state index in [0.717, 1.165) is 35.1 Å². The van der Waals surface area contributed by atoms with E-state index < -0.39 is 11.7 Å². The van der Waals surface area contributed by atoms with Crippen molar-refractivity contribution in [3.8, 4) is 11.4 Å². The molecule has 5 aromatic rings. The van der Waals surface area contributed by atoms with Gasteiger partial charge in [0.05, 0.1) is 24.4 Å². The number of aromatic nitrogens is 5. The van der Waals surface area contributed by atoms with E-state index in [1.807, 2.05) is 47.3 Å². The molecule has 0 atom stereocenters. The molecule has 1 aliphatic heterocycles. The van der Waals surface area contributed by atoms with Crippen molar-refractivity contribution >= 4 is 17.5 Å². The van der Waals surface area contributed by atoms with Gasteiger partial charge in [-0.15, -0.1) is 0 Å². The number of nitrogen functional groups attached to an aromatic ring is 1. The molecule has 10 heteroatoms. The molecule has 1 fully saturated rings. The number of carbonyl (C=O) groups is 1. The van der Waals surface area contributed by atoms with E-state index in [0.29, 0.717) is 60.3 Å². The first-order chi connectivity index (χ1) is 21.0. The van der Waals surface area contributed by atoms with Crippen LogP contribution in [-0.4, -0.2) is 42.3 Å². The molecular weight excluding hydrogens is 545 g/mol. The zero-order valence-electron chi connectivity index (χ0n) is 23.4. The number of hydrogen-bond donors (Lipinski definition) is 2. The van der Waals surface area contributed by atoms with Crippen molar-refractivity contribution in [3.63, 3.8) is 0 Å². The van der Waals surface area contributed by atoms with Gasteiger partial charge in [0.15, 0.2) is 5.82 Å². The van der Waals surface area contributed by atoms with Crippen LogP contribution in [0.3, 0.4) is 0 Å². The van der Waals surface area contributed by atoms with Crippen LogP contribution in [0.25, 0.3) is 11.4 Å². The van der Waals surface area contributed by atoms with Crippen LogP contribution in [0.1, 0.15) is 62.8 Å². The molecule has 3 aromatic carbocycles. The number of carbonyl (C=O) groups excluding carboxylic acids is 1. The lowest BCUT2D eigenvalue weighted by atomic mass is 9.93. The van der Waals surface area contributed by atoms with Crippen molar-refractivity contribution in [2.75, 3.05) is 17.2 Å². The molecule has 2 aromatic heterocycles. The molecular formula is C33H30FN7O2. The highest BCUT2D eigenvalue weighted by Crippen LogP contribution is 2.42. The second kappa shape index (κ2) is 11.0. The number of halogens is 1. The predicted molar refractivity (Wildman–Crippen MR) is 160 cm³/mol. The van der Waals surface area contributed by atoms with Crippen LogP contribution in [0.15, 0.2) is 73.1 Å². The average Bonchev–Trinajstić information content (AvgIpc) is 3.74. The lowest BCUT2D eigenvalue weighted by Gasteiger charge is -2.31. The summed E-state index contributed by atoms with van der Waals surface area (Å²) >= 11 is 0. The predicted octanol–water partition coefficient (Wildman–Crippen LogP) is 4.67. The Labute approximate surface area is 247 Å². The number of fused-ring (bicyclic) bond motifs is 1. The van der Waals surface area contributed by atoms with Gasteiger partial charge in [0.2, 0.25) is 5.95 Å². The third-order valence-corrected chi connectivity index (χ3v) is 8.14. The van der Waals surface area contributed by atoms with Gasteiger partial charge >= 0.3 is 0 Å². The Morgan fingerprint density at radius 2 is 1.81 bits per heavy atom. The van der Waals surface area contributed by atoms with Gasteiger partial charge in [0.1, 0.15) is 11.6 Å². The van der Waals surface area contributed by atoms with Gasteiger partial charge in [0.25, 0.3) is 5.91 Å². The molecule has 216 valence electrons. The zero-order valence-corrected chi connectivity index (χ0v) is 23.4. The minimum absolute atomic E-state index is 0.0566. The summed E-state index contributed by atoms with van der Waals surface area (Å²) in [7, 11) is 0. The number of benzene rings is 3. The van der Waals surface area contributed by atoms with Crippen molar-refractivity contribution < 1.29 is 14.3 Å². The van der Waals surface area contributed by atoms with Crippen molar-refractivity contribution in [3.05, 3.63) is 118 Å². The number of aliphatic hydroxyl groups is 1. The fourth-order valence-electron chi connectivity index (χ4n) is 5.84. The molecule has 1 aliphatic carbocycles. The molecule has 2 aliphatic rings. The van der Waals surface area contributed by atoms with Crippen LogP contribution < -0.4 is 10.6 Å². The molecule has 0 radical (unpaired) electrons. The van der Waals surface area contributed by atoms with Gasteiger partial charge < -0.3 is 15.7 Å². The number of nitrogens with zero attached hydrogens (tertiary/aromatic N) is 6. The summed E-state index contributed by atoms with van der Waals surface area (Å²) in [4.78, 5) is 28.6. The van der Waals surface area contributed by atoms with Crippen LogP contribution in [0.4, 0.5) is 16.0 Å². The van der Waals surface area contributed by atoms with Crippen LogP contribution >= 0.6 is 0 Å². The van der Waals surface area contributed by atoms with Gasteiger partial charge in [-0.3, -0.25) is 9.48 Å². The normalized spacial score (nSPS) is 14.7. The Kier molecular flexibility index (Phi) is 6.90. The molecule has 1 saturated carbocycles. The fourth-order valence-corrected chi connectivity index (χ4v) is 5.84.